The van der Waals surface area contributed by atoms with Crippen LogP contribution in [0.3, 0.4) is 0 Å². The molecule has 0 aromatic carbocycles. The summed E-state index contributed by atoms with van der Waals surface area (Å²) in [5.41, 5.74) is 0. The van der Waals surface area contributed by atoms with Gasteiger partial charge in [-0.2, -0.15) is 17.0 Å². The van der Waals surface area contributed by atoms with Crippen molar-refractivity contribution in [1.82, 2.24) is 0 Å². The van der Waals surface area contributed by atoms with Crippen molar-refractivity contribution in [1.29, 1.82) is 5.26 Å². The van der Waals surface area contributed by atoms with Crippen molar-refractivity contribution < 1.29 is 0 Å². The highest BCUT2D eigenvalue weighted by Crippen LogP contribution is 2.36. The zero-order valence-corrected chi connectivity index (χ0v) is 11.0. The topological polar surface area (TPSA) is 23.8 Å². The van der Waals surface area contributed by atoms with Crippen molar-refractivity contribution in [2.24, 2.45) is 11.8 Å². The minimum Gasteiger partial charge on any atom is -0.198 e. The van der Waals surface area contributed by atoms with Gasteiger partial charge in [0.15, 0.2) is 0 Å². The van der Waals surface area contributed by atoms with Crippen molar-refractivity contribution in [2.75, 3.05) is 5.75 Å². The van der Waals surface area contributed by atoms with E-state index in [1.807, 2.05) is 0 Å². The molecule has 0 aromatic rings. The van der Waals surface area contributed by atoms with E-state index in [1.165, 1.54) is 57.1 Å². The lowest BCUT2D eigenvalue weighted by molar-refractivity contribution is 0.577. The van der Waals surface area contributed by atoms with Gasteiger partial charge in [-0.3, -0.25) is 0 Å². The van der Waals surface area contributed by atoms with Gasteiger partial charge in [0.25, 0.3) is 0 Å². The van der Waals surface area contributed by atoms with E-state index >= 15 is 0 Å². The second-order valence-electron chi connectivity index (χ2n) is 5.40. The predicted octanol–water partition coefficient (Wildman–Crippen LogP) is 4.38. The smallest absolute Gasteiger partial charge is 0.0667 e. The van der Waals surface area contributed by atoms with Gasteiger partial charge in [-0.15, -0.1) is 0 Å². The van der Waals surface area contributed by atoms with Crippen LogP contribution in [-0.2, 0) is 0 Å². The zero-order chi connectivity index (χ0) is 11.2. The molecule has 0 radical (unpaired) electrons. The Balaban J connectivity index is 1.78. The summed E-state index contributed by atoms with van der Waals surface area (Å²) in [4.78, 5) is 0. The van der Waals surface area contributed by atoms with Crippen molar-refractivity contribution in [3.05, 3.63) is 0 Å². The summed E-state index contributed by atoms with van der Waals surface area (Å²) in [7, 11) is 0. The largest absolute Gasteiger partial charge is 0.198 e. The lowest BCUT2D eigenvalue weighted by Crippen LogP contribution is -2.16. The third-order valence-corrected chi connectivity index (χ3v) is 5.80. The fourth-order valence-electron chi connectivity index (χ4n) is 3.06. The molecule has 0 aliphatic heterocycles. The number of nitrogens with zero attached hydrogens (tertiary/aromatic N) is 1. The first-order chi connectivity index (χ1) is 7.90. The zero-order valence-electron chi connectivity index (χ0n) is 10.2. The van der Waals surface area contributed by atoms with Gasteiger partial charge in [0, 0.05) is 5.25 Å². The van der Waals surface area contributed by atoms with Gasteiger partial charge in [-0.25, -0.2) is 0 Å². The molecule has 0 heterocycles. The molecular weight excluding hydrogens is 214 g/mol. The first-order valence-electron chi connectivity index (χ1n) is 6.91. The minimum atomic E-state index is 0.342. The van der Waals surface area contributed by atoms with E-state index in [0.717, 1.165) is 12.3 Å². The Morgan fingerprint density at radius 1 is 0.938 bits per heavy atom. The van der Waals surface area contributed by atoms with E-state index in [-0.39, 0.29) is 0 Å². The summed E-state index contributed by atoms with van der Waals surface area (Å²) in [6.07, 6.45) is 12.2. The summed E-state index contributed by atoms with van der Waals surface area (Å²) < 4.78 is 0. The molecule has 2 unspecified atom stereocenters. The molecule has 1 nitrogen and oxygen atoms in total. The number of thioether (sulfide) groups is 1. The summed E-state index contributed by atoms with van der Waals surface area (Å²) in [6.45, 7) is 0. The number of rotatable bonds is 3. The predicted molar refractivity (Wildman–Crippen MR) is 70.4 cm³/mol. The summed E-state index contributed by atoms with van der Waals surface area (Å²) in [6, 6.07) is 2.55. The Kier molecular flexibility index (Phi) is 5.03. The van der Waals surface area contributed by atoms with Crippen molar-refractivity contribution in [3.8, 4) is 6.07 Å². The Labute approximate surface area is 104 Å². The number of hydrogen-bond donors (Lipinski definition) is 0. The van der Waals surface area contributed by atoms with Gasteiger partial charge >= 0.3 is 0 Å². The Morgan fingerprint density at radius 3 is 2.38 bits per heavy atom. The maximum Gasteiger partial charge on any atom is 0.0667 e. The highest BCUT2D eigenvalue weighted by atomic mass is 32.2. The molecule has 2 rings (SSSR count). The molecule has 0 amide bonds. The SMILES string of the molecule is N#CC1CCCCCC1SCC1CCCC1. The number of nitriles is 1. The quantitative estimate of drug-likeness (QED) is 0.680. The van der Waals surface area contributed by atoms with E-state index in [0.29, 0.717) is 11.2 Å². The van der Waals surface area contributed by atoms with Gasteiger partial charge < -0.3 is 0 Å². The van der Waals surface area contributed by atoms with E-state index in [1.54, 1.807) is 0 Å². The number of hydrogen-bond acceptors (Lipinski definition) is 2. The molecule has 2 aliphatic carbocycles. The highest BCUT2D eigenvalue weighted by Gasteiger charge is 2.25. The van der Waals surface area contributed by atoms with Crippen LogP contribution >= 0.6 is 11.8 Å². The lowest BCUT2D eigenvalue weighted by atomic mass is 10.0. The molecule has 2 fully saturated rings. The van der Waals surface area contributed by atoms with E-state index in [2.05, 4.69) is 17.8 Å². The molecular formula is C14H23NS. The molecule has 2 aliphatic rings. The maximum atomic E-state index is 9.22. The van der Waals surface area contributed by atoms with Crippen LogP contribution in [0.1, 0.15) is 57.8 Å². The first kappa shape index (κ1) is 12.3. The van der Waals surface area contributed by atoms with Crippen LogP contribution in [0.2, 0.25) is 0 Å². The van der Waals surface area contributed by atoms with Gasteiger partial charge in [0.1, 0.15) is 0 Å². The maximum absolute atomic E-state index is 9.22. The molecule has 2 saturated carbocycles. The Hall–Kier alpha value is -0.160. The molecule has 2 atom stereocenters. The normalized spacial score (nSPS) is 32.2. The molecule has 90 valence electrons. The Bertz CT molecular complexity index is 240. The van der Waals surface area contributed by atoms with Gasteiger partial charge in [0.05, 0.1) is 12.0 Å². The van der Waals surface area contributed by atoms with Crippen LogP contribution in [0.25, 0.3) is 0 Å². The van der Waals surface area contributed by atoms with Crippen molar-refractivity contribution >= 4 is 11.8 Å². The summed E-state index contributed by atoms with van der Waals surface area (Å²) in [5.74, 6) is 2.63. The van der Waals surface area contributed by atoms with E-state index in [9.17, 15) is 5.26 Å². The lowest BCUT2D eigenvalue weighted by Gasteiger charge is -2.20. The monoisotopic (exact) mass is 237 g/mol. The standard InChI is InChI=1S/C14H23NS/c15-10-13-8-2-1-3-9-14(13)16-11-12-6-4-5-7-12/h12-14H,1-9,11H2. The van der Waals surface area contributed by atoms with E-state index in [4.69, 9.17) is 0 Å². The van der Waals surface area contributed by atoms with Gasteiger partial charge in [-0.05, 0) is 37.4 Å². The molecule has 16 heavy (non-hydrogen) atoms. The molecule has 0 saturated heterocycles. The Morgan fingerprint density at radius 2 is 1.62 bits per heavy atom. The summed E-state index contributed by atoms with van der Waals surface area (Å²) >= 11 is 2.12. The molecule has 0 bridgehead atoms. The fourth-order valence-corrected chi connectivity index (χ4v) is 4.67. The first-order valence-corrected chi connectivity index (χ1v) is 7.96. The highest BCUT2D eigenvalue weighted by molar-refractivity contribution is 7.99. The van der Waals surface area contributed by atoms with Gasteiger partial charge in [0.2, 0.25) is 0 Å². The molecule has 2 heteroatoms. The second-order valence-corrected chi connectivity index (χ2v) is 6.67. The second kappa shape index (κ2) is 6.55. The van der Waals surface area contributed by atoms with Crippen molar-refractivity contribution in [3.63, 3.8) is 0 Å². The van der Waals surface area contributed by atoms with Crippen LogP contribution in [0, 0.1) is 23.2 Å². The fraction of sp³-hybridized carbons (Fsp3) is 0.929. The van der Waals surface area contributed by atoms with Crippen LogP contribution in [0.15, 0.2) is 0 Å². The van der Waals surface area contributed by atoms with Crippen molar-refractivity contribution in [2.45, 2.75) is 63.0 Å². The summed E-state index contributed by atoms with van der Waals surface area (Å²) in [5, 5.41) is 9.86. The van der Waals surface area contributed by atoms with Crippen LogP contribution in [-0.4, -0.2) is 11.0 Å². The molecule has 0 spiro atoms. The average molecular weight is 237 g/mol. The molecule has 0 aromatic heterocycles. The third-order valence-electron chi connectivity index (χ3n) is 4.14. The third kappa shape index (κ3) is 3.42. The van der Waals surface area contributed by atoms with Crippen LogP contribution in [0.5, 0.6) is 0 Å². The van der Waals surface area contributed by atoms with Gasteiger partial charge in [-0.1, -0.05) is 32.1 Å². The molecule has 0 N–H and O–H groups in total. The van der Waals surface area contributed by atoms with Crippen LogP contribution in [0.4, 0.5) is 0 Å². The average Bonchev–Trinajstić information content (AvgIpc) is 2.71. The van der Waals surface area contributed by atoms with Crippen LogP contribution < -0.4 is 0 Å². The minimum absolute atomic E-state index is 0.342. The van der Waals surface area contributed by atoms with E-state index < -0.39 is 0 Å².